The van der Waals surface area contributed by atoms with Gasteiger partial charge >= 0.3 is 35.0 Å². The van der Waals surface area contributed by atoms with Gasteiger partial charge in [0.2, 0.25) is 12.6 Å². The molecule has 1 amide bonds. The Morgan fingerprint density at radius 1 is 0.705 bits per heavy atom. The molecule has 4 aliphatic rings. The number of amides is 1. The van der Waals surface area contributed by atoms with Crippen molar-refractivity contribution in [3.8, 4) is 0 Å². The molecule has 3 saturated carbocycles. The molecule has 0 unspecified atom stereocenters. The summed E-state index contributed by atoms with van der Waals surface area (Å²) in [7, 11) is 10.0. The fourth-order valence-corrected chi connectivity index (χ4v) is 11.9. The average Bonchev–Trinajstić information content (AvgIpc) is 3.50. The van der Waals surface area contributed by atoms with Crippen LogP contribution >= 0.6 is 27.0 Å². The van der Waals surface area contributed by atoms with Crippen LogP contribution in [-0.4, -0.2) is 39.2 Å². The molecule has 3 fully saturated rings. The number of nitrogens with zero attached hydrogens (tertiary/aromatic N) is 2. The zero-order valence-electron chi connectivity index (χ0n) is 26.0. The van der Waals surface area contributed by atoms with Crippen molar-refractivity contribution >= 4 is 38.6 Å². The maximum absolute atomic E-state index is 12.0. The quantitative estimate of drug-likeness (QED) is 0.216. The van der Waals surface area contributed by atoms with Gasteiger partial charge in [-0.2, -0.15) is 0 Å². The zero-order chi connectivity index (χ0) is 30.8. The number of halogens is 2. The third-order valence-electron chi connectivity index (χ3n) is 9.24. The van der Waals surface area contributed by atoms with Crippen molar-refractivity contribution in [2.75, 3.05) is 11.9 Å². The molecule has 2 aromatic carbocycles. The van der Waals surface area contributed by atoms with E-state index in [1.807, 2.05) is 65.8 Å². The van der Waals surface area contributed by atoms with Crippen molar-refractivity contribution in [1.29, 1.82) is 0 Å². The summed E-state index contributed by atoms with van der Waals surface area (Å²) in [5, 5.41) is 2.86. The van der Waals surface area contributed by atoms with Gasteiger partial charge in [-0.25, -0.2) is 0 Å². The van der Waals surface area contributed by atoms with Crippen LogP contribution in [0, 0.1) is 6.67 Å². The molecule has 0 atom stereocenters. The predicted molar refractivity (Wildman–Crippen MR) is 185 cm³/mol. The summed E-state index contributed by atoms with van der Waals surface area (Å²) < 4.78 is 0. The number of carbonyl (C=O) groups is 1. The van der Waals surface area contributed by atoms with Gasteiger partial charge in [0, 0.05) is 24.6 Å². The average molecular weight is 749 g/mol. The van der Waals surface area contributed by atoms with E-state index in [0.717, 1.165) is 12.2 Å². The SMILES string of the molecule is C1CCC(P(C2CCCCC2)C2CCCCC2)CC1.O=C(CN1[C]N(Cc2ccccc2)C=C1)Nc1ccccc1.[Cl][Pd][Cl]. The van der Waals surface area contributed by atoms with Crippen molar-refractivity contribution in [2.24, 2.45) is 0 Å². The fourth-order valence-electron chi connectivity index (χ4n) is 7.26. The molecule has 4 nitrogen and oxygen atoms in total. The molecule has 3 aliphatic carbocycles. The second-order valence-electron chi connectivity index (χ2n) is 12.4. The second-order valence-corrected chi connectivity index (χ2v) is 17.9. The van der Waals surface area contributed by atoms with E-state index in [4.69, 9.17) is 19.1 Å². The molecule has 44 heavy (non-hydrogen) atoms. The summed E-state index contributed by atoms with van der Waals surface area (Å²) in [4.78, 5) is 15.7. The van der Waals surface area contributed by atoms with Gasteiger partial charge in [-0.05, 0) is 73.2 Å². The van der Waals surface area contributed by atoms with E-state index in [1.165, 1.54) is 41.8 Å². The van der Waals surface area contributed by atoms with Gasteiger partial charge in [0.15, 0.2) is 0 Å². The van der Waals surface area contributed by atoms with Crippen molar-refractivity contribution in [3.05, 3.63) is 85.3 Å². The number of carbonyl (C=O) groups excluding carboxylic acids is 1. The maximum atomic E-state index is 12.0. The predicted octanol–water partition coefficient (Wildman–Crippen LogP) is 10.8. The molecule has 0 spiro atoms. The van der Waals surface area contributed by atoms with Gasteiger partial charge in [-0.3, -0.25) is 4.79 Å². The first-order chi connectivity index (χ1) is 21.7. The number of benzene rings is 2. The topological polar surface area (TPSA) is 35.6 Å². The van der Waals surface area contributed by atoms with Gasteiger partial charge in [0.25, 0.3) is 0 Å². The number of anilines is 1. The van der Waals surface area contributed by atoms with Crippen LogP contribution in [-0.2, 0) is 27.3 Å². The number of nitrogens with one attached hydrogen (secondary N) is 1. The Labute approximate surface area is 284 Å². The van der Waals surface area contributed by atoms with Crippen LogP contribution in [0.4, 0.5) is 5.69 Å². The van der Waals surface area contributed by atoms with Crippen LogP contribution in [0.2, 0.25) is 0 Å². The molecule has 1 N–H and O–H groups in total. The Bertz CT molecular complexity index is 1030. The summed E-state index contributed by atoms with van der Waals surface area (Å²) in [5.74, 6) is -0.0649. The summed E-state index contributed by atoms with van der Waals surface area (Å²) in [6.07, 6.45) is 27.4. The van der Waals surface area contributed by atoms with E-state index in [0.29, 0.717) is 7.92 Å². The van der Waals surface area contributed by atoms with Crippen LogP contribution in [0.1, 0.15) is 102 Å². The van der Waals surface area contributed by atoms with E-state index in [-0.39, 0.29) is 28.4 Å². The van der Waals surface area contributed by atoms with Crippen molar-refractivity contribution in [2.45, 2.75) is 120 Å². The Kier molecular flexibility index (Phi) is 17.0. The molecule has 1 aliphatic heterocycles. The standard InChI is InChI=1S/C18H17N3O.C18H33P.2ClH.Pd/c22-18(19-17-9-5-2-6-10-17)14-21-12-11-20(15-21)13-16-7-3-1-4-8-16;1-4-10-16(11-5-1)19(17-12-6-2-7-13-17)18-14-8-3-9-15-18;;;/h1-12H,13-14H2,(H,19,22);16-18H,1-15H2;2*1H;/q;;;;+2/p-2. The Balaban J connectivity index is 0.000000186. The molecule has 2 radical (unpaired) electrons. The molecule has 6 rings (SSSR count). The van der Waals surface area contributed by atoms with Crippen LogP contribution in [0.25, 0.3) is 0 Å². The zero-order valence-corrected chi connectivity index (χ0v) is 30.0. The van der Waals surface area contributed by atoms with Crippen molar-refractivity contribution in [1.82, 2.24) is 9.80 Å². The van der Waals surface area contributed by atoms with E-state index >= 15 is 0 Å². The summed E-state index contributed by atoms with van der Waals surface area (Å²) in [6.45, 7) is 4.14. The van der Waals surface area contributed by atoms with Gasteiger partial charge in [-0.15, -0.1) is 0 Å². The number of hydrogen-bond acceptors (Lipinski definition) is 3. The molecule has 244 valence electrons. The summed E-state index contributed by atoms with van der Waals surface area (Å²) in [5.41, 5.74) is 5.58. The van der Waals surface area contributed by atoms with Gasteiger partial charge in [-0.1, -0.05) is 114 Å². The van der Waals surface area contributed by atoms with Crippen molar-refractivity contribution < 1.29 is 20.7 Å². The van der Waals surface area contributed by atoms with E-state index in [9.17, 15) is 4.79 Å². The first-order valence-electron chi connectivity index (χ1n) is 16.6. The molecular weight excluding hydrogens is 699 g/mol. The Hall–Kier alpha value is -1.08. The third kappa shape index (κ3) is 12.6. The van der Waals surface area contributed by atoms with E-state index < -0.39 is 0 Å². The molecule has 8 heteroatoms. The van der Waals surface area contributed by atoms with Gasteiger partial charge in [0.05, 0.1) is 6.54 Å². The molecule has 2 aromatic rings. The third-order valence-corrected chi connectivity index (χ3v) is 13.3. The van der Waals surface area contributed by atoms with Crippen LogP contribution < -0.4 is 5.32 Å². The van der Waals surface area contributed by atoms with Crippen LogP contribution in [0.15, 0.2) is 73.1 Å². The van der Waals surface area contributed by atoms with Crippen molar-refractivity contribution in [3.63, 3.8) is 0 Å². The van der Waals surface area contributed by atoms with Crippen LogP contribution in [0.5, 0.6) is 0 Å². The molecule has 0 saturated heterocycles. The minimum atomic E-state index is -0.106. The first-order valence-corrected chi connectivity index (χ1v) is 22.2. The molecular formula is C36H50Cl2N3OPPd. The van der Waals surface area contributed by atoms with E-state index in [2.05, 4.69) is 24.1 Å². The summed E-state index contributed by atoms with van der Waals surface area (Å²) >= 11 is -0.106. The monoisotopic (exact) mass is 747 g/mol. The summed E-state index contributed by atoms with van der Waals surface area (Å²) in [6, 6.07) is 19.6. The Morgan fingerprint density at radius 3 is 1.61 bits per heavy atom. The van der Waals surface area contributed by atoms with Crippen LogP contribution in [0.3, 0.4) is 0 Å². The first kappa shape index (κ1) is 35.8. The number of hydrogen-bond donors (Lipinski definition) is 1. The Morgan fingerprint density at radius 2 is 1.14 bits per heavy atom. The van der Waals surface area contributed by atoms with Gasteiger partial charge in [0.1, 0.15) is 0 Å². The molecule has 0 bridgehead atoms. The molecule has 1 heterocycles. The molecule has 0 aromatic heterocycles. The number of rotatable bonds is 8. The fraction of sp³-hybridized carbons (Fsp3) is 0.556. The number of para-hydroxylation sites is 1. The normalized spacial score (nSPS) is 19.7. The van der Waals surface area contributed by atoms with Gasteiger partial charge < -0.3 is 15.1 Å². The second kappa shape index (κ2) is 20.9. The minimum absolute atomic E-state index is 0.0649. The van der Waals surface area contributed by atoms with E-state index in [1.54, 1.807) is 81.9 Å².